The van der Waals surface area contributed by atoms with Gasteiger partial charge in [0.15, 0.2) is 0 Å². The van der Waals surface area contributed by atoms with E-state index in [2.05, 4.69) is 20.3 Å². The highest BCUT2D eigenvalue weighted by atomic mass is 16.5. The standard InChI is InChI=1S/C14H19N5O/c1-3-6-20-14-12(15)4-5-13(19-14)18-9-11-8-16-10(2)7-17-11/h4-5,7-8H,3,6,9,15H2,1-2H3,(H,18,19). The van der Waals surface area contributed by atoms with E-state index < -0.39 is 0 Å². The van der Waals surface area contributed by atoms with Gasteiger partial charge in [0, 0.05) is 6.20 Å². The van der Waals surface area contributed by atoms with Crippen LogP contribution in [0.3, 0.4) is 0 Å². The third kappa shape index (κ3) is 3.81. The lowest BCUT2D eigenvalue weighted by atomic mass is 10.3. The SMILES string of the molecule is CCCOc1nc(NCc2cnc(C)cn2)ccc1N. The minimum atomic E-state index is 0.465. The van der Waals surface area contributed by atoms with E-state index in [-0.39, 0.29) is 0 Å². The van der Waals surface area contributed by atoms with Gasteiger partial charge in [-0.25, -0.2) is 0 Å². The number of pyridine rings is 1. The number of aryl methyl sites for hydroxylation is 1. The summed E-state index contributed by atoms with van der Waals surface area (Å²) >= 11 is 0. The molecule has 2 aromatic rings. The van der Waals surface area contributed by atoms with Crippen molar-refractivity contribution in [2.24, 2.45) is 0 Å². The van der Waals surface area contributed by atoms with Gasteiger partial charge in [-0.15, -0.1) is 0 Å². The number of nitrogens with two attached hydrogens (primary N) is 1. The van der Waals surface area contributed by atoms with Gasteiger partial charge < -0.3 is 15.8 Å². The first-order valence-corrected chi connectivity index (χ1v) is 6.59. The summed E-state index contributed by atoms with van der Waals surface area (Å²) in [6.07, 6.45) is 4.40. The Morgan fingerprint density at radius 1 is 1.25 bits per heavy atom. The molecule has 0 saturated heterocycles. The Balaban J connectivity index is 2.00. The lowest BCUT2D eigenvalue weighted by molar-refractivity contribution is 0.307. The van der Waals surface area contributed by atoms with E-state index in [9.17, 15) is 0 Å². The first kappa shape index (κ1) is 14.0. The van der Waals surface area contributed by atoms with Gasteiger partial charge >= 0.3 is 0 Å². The van der Waals surface area contributed by atoms with Crippen LogP contribution < -0.4 is 15.8 Å². The number of hydrogen-bond acceptors (Lipinski definition) is 6. The predicted octanol–water partition coefficient (Wildman–Crippen LogP) is 2.16. The van der Waals surface area contributed by atoms with E-state index in [1.54, 1.807) is 18.5 Å². The molecule has 0 unspecified atom stereocenters. The van der Waals surface area contributed by atoms with E-state index in [0.29, 0.717) is 30.5 Å². The largest absolute Gasteiger partial charge is 0.476 e. The Labute approximate surface area is 118 Å². The Morgan fingerprint density at radius 2 is 2.10 bits per heavy atom. The van der Waals surface area contributed by atoms with Crippen LogP contribution in [0, 0.1) is 6.92 Å². The van der Waals surface area contributed by atoms with Crippen LogP contribution in [0.1, 0.15) is 24.7 Å². The van der Waals surface area contributed by atoms with Gasteiger partial charge in [0.2, 0.25) is 5.88 Å². The molecule has 0 aliphatic heterocycles. The molecular formula is C14H19N5O. The Hall–Kier alpha value is -2.37. The van der Waals surface area contributed by atoms with Gasteiger partial charge in [-0.05, 0) is 25.5 Å². The minimum absolute atomic E-state index is 0.465. The Bertz CT molecular complexity index is 556. The van der Waals surface area contributed by atoms with Crippen molar-refractivity contribution < 1.29 is 4.74 Å². The number of ether oxygens (including phenoxy) is 1. The predicted molar refractivity (Wildman–Crippen MR) is 78.5 cm³/mol. The fraction of sp³-hybridized carbons (Fsp3) is 0.357. The summed E-state index contributed by atoms with van der Waals surface area (Å²) in [6, 6.07) is 3.59. The number of nitrogens with zero attached hydrogens (tertiary/aromatic N) is 3. The third-order valence-corrected chi connectivity index (χ3v) is 2.62. The molecule has 0 amide bonds. The maximum atomic E-state index is 5.82. The zero-order chi connectivity index (χ0) is 14.4. The van der Waals surface area contributed by atoms with Gasteiger partial charge in [0.25, 0.3) is 0 Å². The van der Waals surface area contributed by atoms with Crippen LogP contribution in [-0.2, 0) is 6.54 Å². The second-order valence-electron chi connectivity index (χ2n) is 4.44. The van der Waals surface area contributed by atoms with Gasteiger partial charge in [-0.1, -0.05) is 6.92 Å². The van der Waals surface area contributed by atoms with Gasteiger partial charge in [0.1, 0.15) is 5.82 Å². The van der Waals surface area contributed by atoms with Crippen LogP contribution in [0.4, 0.5) is 11.5 Å². The molecule has 6 nitrogen and oxygen atoms in total. The van der Waals surface area contributed by atoms with Crippen molar-refractivity contribution in [3.05, 3.63) is 35.9 Å². The molecule has 2 heterocycles. The van der Waals surface area contributed by atoms with E-state index in [4.69, 9.17) is 10.5 Å². The number of anilines is 2. The average molecular weight is 273 g/mol. The molecule has 0 spiro atoms. The smallest absolute Gasteiger partial charge is 0.239 e. The minimum Gasteiger partial charge on any atom is -0.476 e. The number of nitrogens with one attached hydrogen (secondary N) is 1. The third-order valence-electron chi connectivity index (χ3n) is 2.62. The van der Waals surface area contributed by atoms with Gasteiger partial charge in [-0.2, -0.15) is 4.98 Å². The monoisotopic (exact) mass is 273 g/mol. The highest BCUT2D eigenvalue weighted by Crippen LogP contribution is 2.21. The van der Waals surface area contributed by atoms with Crippen LogP contribution in [0.25, 0.3) is 0 Å². The number of hydrogen-bond donors (Lipinski definition) is 2. The zero-order valence-corrected chi connectivity index (χ0v) is 11.8. The topological polar surface area (TPSA) is 86.0 Å². The molecule has 6 heteroatoms. The fourth-order valence-electron chi connectivity index (χ4n) is 1.56. The lowest BCUT2D eigenvalue weighted by Crippen LogP contribution is -2.07. The first-order valence-electron chi connectivity index (χ1n) is 6.59. The van der Waals surface area contributed by atoms with Crippen molar-refractivity contribution in [1.82, 2.24) is 15.0 Å². The first-order chi connectivity index (χ1) is 9.69. The molecular weight excluding hydrogens is 254 g/mol. The van der Waals surface area contributed by atoms with Crippen LogP contribution in [0.15, 0.2) is 24.5 Å². The second kappa shape index (κ2) is 6.70. The van der Waals surface area contributed by atoms with E-state index in [1.807, 2.05) is 19.9 Å². The van der Waals surface area contributed by atoms with E-state index in [1.165, 1.54) is 0 Å². The molecule has 20 heavy (non-hydrogen) atoms. The normalized spacial score (nSPS) is 10.3. The number of rotatable bonds is 6. The molecule has 0 aromatic carbocycles. The van der Waals surface area contributed by atoms with Gasteiger partial charge in [0.05, 0.1) is 36.4 Å². The van der Waals surface area contributed by atoms with Crippen LogP contribution >= 0.6 is 0 Å². The van der Waals surface area contributed by atoms with E-state index in [0.717, 1.165) is 17.8 Å². The summed E-state index contributed by atoms with van der Waals surface area (Å²) < 4.78 is 5.49. The molecule has 0 radical (unpaired) electrons. The molecule has 0 aliphatic carbocycles. The van der Waals surface area contributed by atoms with Crippen molar-refractivity contribution in [3.8, 4) is 5.88 Å². The van der Waals surface area contributed by atoms with Gasteiger partial charge in [-0.3, -0.25) is 9.97 Å². The zero-order valence-electron chi connectivity index (χ0n) is 11.8. The summed E-state index contributed by atoms with van der Waals surface area (Å²) in [6.45, 7) is 5.10. The molecule has 3 N–H and O–H groups in total. The van der Waals surface area contributed by atoms with E-state index >= 15 is 0 Å². The van der Waals surface area contributed by atoms with Crippen molar-refractivity contribution in [1.29, 1.82) is 0 Å². The Morgan fingerprint density at radius 3 is 2.80 bits per heavy atom. The summed E-state index contributed by atoms with van der Waals surface area (Å²) in [7, 11) is 0. The molecule has 0 saturated carbocycles. The maximum Gasteiger partial charge on any atom is 0.239 e. The van der Waals surface area contributed by atoms with Crippen LogP contribution in [0.5, 0.6) is 5.88 Å². The van der Waals surface area contributed by atoms with Crippen LogP contribution in [-0.4, -0.2) is 21.6 Å². The van der Waals surface area contributed by atoms with Crippen molar-refractivity contribution in [2.45, 2.75) is 26.8 Å². The molecule has 2 aromatic heterocycles. The highest BCUT2D eigenvalue weighted by molar-refractivity contribution is 5.53. The molecule has 106 valence electrons. The summed E-state index contributed by atoms with van der Waals surface area (Å²) in [5.41, 5.74) is 8.11. The summed E-state index contributed by atoms with van der Waals surface area (Å²) in [5.74, 6) is 1.17. The molecule has 0 bridgehead atoms. The quantitative estimate of drug-likeness (QED) is 0.838. The Kier molecular flexibility index (Phi) is 4.70. The number of aromatic nitrogens is 3. The van der Waals surface area contributed by atoms with Crippen molar-refractivity contribution >= 4 is 11.5 Å². The van der Waals surface area contributed by atoms with Crippen LogP contribution in [0.2, 0.25) is 0 Å². The second-order valence-corrected chi connectivity index (χ2v) is 4.44. The molecule has 0 fully saturated rings. The van der Waals surface area contributed by atoms with Crippen molar-refractivity contribution in [2.75, 3.05) is 17.7 Å². The maximum absolute atomic E-state index is 5.82. The summed E-state index contributed by atoms with van der Waals surface area (Å²) in [5, 5.41) is 3.18. The molecule has 0 aliphatic rings. The fourth-order valence-corrected chi connectivity index (χ4v) is 1.56. The lowest BCUT2D eigenvalue weighted by Gasteiger charge is -2.10. The van der Waals surface area contributed by atoms with Crippen molar-refractivity contribution in [3.63, 3.8) is 0 Å². The highest BCUT2D eigenvalue weighted by Gasteiger charge is 2.04. The molecule has 0 atom stereocenters. The average Bonchev–Trinajstić information content (AvgIpc) is 2.46. The molecule has 2 rings (SSSR count). The number of nitrogen functional groups attached to an aromatic ring is 1. The summed E-state index contributed by atoms with van der Waals surface area (Å²) in [4.78, 5) is 12.8.